The fraction of sp³-hybridized carbons (Fsp3) is 0.393. The first-order valence-corrected chi connectivity index (χ1v) is 11.7. The van der Waals surface area contributed by atoms with Crippen molar-refractivity contribution in [2.24, 2.45) is 17.8 Å². The summed E-state index contributed by atoms with van der Waals surface area (Å²) in [5.41, 5.74) is 3.19. The molecule has 4 bridgehead atoms. The summed E-state index contributed by atoms with van der Waals surface area (Å²) in [4.78, 5) is 36.5. The van der Waals surface area contributed by atoms with Gasteiger partial charge in [-0.15, -0.1) is 0 Å². The summed E-state index contributed by atoms with van der Waals surface area (Å²) < 4.78 is 5.82. The summed E-state index contributed by atoms with van der Waals surface area (Å²) in [6, 6.07) is 11.4. The summed E-state index contributed by atoms with van der Waals surface area (Å²) in [7, 11) is 1.73. The van der Waals surface area contributed by atoms with E-state index >= 15 is 0 Å². The van der Waals surface area contributed by atoms with Crippen LogP contribution in [0.1, 0.15) is 64.8 Å². The van der Waals surface area contributed by atoms with Crippen molar-refractivity contribution in [2.45, 2.75) is 43.9 Å². The number of Topliss-reactive ketones (excluding diaryl/α,β-unsaturated/α-hetero) is 1. The molecule has 168 valence electrons. The maximum atomic E-state index is 12.6. The number of carboxylic acid groups (broad SMARTS) is 1. The van der Waals surface area contributed by atoms with E-state index in [0.717, 1.165) is 40.7 Å². The molecule has 0 amide bonds. The van der Waals surface area contributed by atoms with Crippen molar-refractivity contribution >= 4 is 17.5 Å². The highest BCUT2D eigenvalue weighted by Crippen LogP contribution is 2.62. The average Bonchev–Trinajstić information content (AvgIpc) is 2.79. The molecule has 2 aromatic carbocycles. The second kappa shape index (κ2) is 7.14. The molecule has 0 unspecified atom stereocenters. The molecule has 4 fully saturated rings. The molecule has 7 rings (SSSR count). The molecule has 0 aliphatic heterocycles. The third-order valence-electron chi connectivity index (χ3n) is 8.42. The molecular formula is C28H26O5. The zero-order chi connectivity index (χ0) is 22.9. The molecule has 1 N–H and O–H groups in total. The fourth-order valence-electron chi connectivity index (χ4n) is 7.45. The number of carbonyl (C=O) groups excluding carboxylic acids is 2. The van der Waals surface area contributed by atoms with Gasteiger partial charge in [0, 0.05) is 22.8 Å². The minimum Gasteiger partial charge on any atom is -0.496 e. The monoisotopic (exact) mass is 442 g/mol. The van der Waals surface area contributed by atoms with Gasteiger partial charge >= 0.3 is 5.97 Å². The van der Waals surface area contributed by atoms with Gasteiger partial charge in [-0.3, -0.25) is 9.59 Å². The maximum absolute atomic E-state index is 12.6. The van der Waals surface area contributed by atoms with Gasteiger partial charge in [-0.05, 0) is 97.1 Å². The van der Waals surface area contributed by atoms with Crippen molar-refractivity contribution in [3.05, 3.63) is 64.7 Å². The second-order valence-corrected chi connectivity index (χ2v) is 10.4. The number of carboxylic acids is 1. The molecule has 33 heavy (non-hydrogen) atoms. The molecule has 5 aliphatic rings. The molecule has 0 saturated heterocycles. The Morgan fingerprint density at radius 3 is 2.12 bits per heavy atom. The highest BCUT2D eigenvalue weighted by atomic mass is 16.5. The van der Waals surface area contributed by atoms with Gasteiger partial charge in [-0.2, -0.15) is 0 Å². The molecule has 0 spiro atoms. The standard InChI is InChI=1S/C28H26O5/c1-33-25-5-3-19(10-23(25)28-12-15-6-16(13-28)8-17(7-15)14-28)18-2-4-20-21(9-18)24(29)11-22(26(20)30)27(31)32/h2-5,9-11,15-17H,6-8,12-14H2,1H3,(H,31,32). The van der Waals surface area contributed by atoms with Crippen LogP contribution in [0.5, 0.6) is 5.75 Å². The first kappa shape index (κ1) is 20.4. The average molecular weight is 443 g/mol. The van der Waals surface area contributed by atoms with E-state index in [0.29, 0.717) is 0 Å². The zero-order valence-corrected chi connectivity index (χ0v) is 18.6. The number of rotatable bonds is 4. The lowest BCUT2D eigenvalue weighted by molar-refractivity contribution is -0.132. The first-order valence-electron chi connectivity index (χ1n) is 11.7. The highest BCUT2D eigenvalue weighted by Gasteiger charge is 2.52. The number of hydrogen-bond acceptors (Lipinski definition) is 4. The summed E-state index contributed by atoms with van der Waals surface area (Å²) >= 11 is 0. The van der Waals surface area contributed by atoms with Crippen molar-refractivity contribution in [1.29, 1.82) is 0 Å². The smallest absolute Gasteiger partial charge is 0.339 e. The highest BCUT2D eigenvalue weighted by molar-refractivity contribution is 6.33. The lowest BCUT2D eigenvalue weighted by atomic mass is 9.48. The van der Waals surface area contributed by atoms with E-state index in [1.165, 1.54) is 44.1 Å². The molecule has 2 aromatic rings. The number of ether oxygens (including phenoxy) is 1. The van der Waals surface area contributed by atoms with Crippen LogP contribution < -0.4 is 4.74 Å². The summed E-state index contributed by atoms with van der Waals surface area (Å²) in [5, 5.41) is 9.23. The number of ketones is 2. The van der Waals surface area contributed by atoms with Gasteiger partial charge in [0.05, 0.1) is 7.11 Å². The Hall–Kier alpha value is -3.21. The van der Waals surface area contributed by atoms with Crippen LogP contribution >= 0.6 is 0 Å². The third-order valence-corrected chi connectivity index (χ3v) is 8.42. The quantitative estimate of drug-likeness (QED) is 0.657. The second-order valence-electron chi connectivity index (χ2n) is 10.4. The molecule has 0 atom stereocenters. The van der Waals surface area contributed by atoms with Crippen LogP contribution in [-0.4, -0.2) is 29.8 Å². The lowest BCUT2D eigenvalue weighted by Crippen LogP contribution is -2.48. The topological polar surface area (TPSA) is 80.7 Å². The van der Waals surface area contributed by atoms with Crippen LogP contribution in [-0.2, 0) is 10.2 Å². The van der Waals surface area contributed by atoms with Crippen molar-refractivity contribution in [2.75, 3.05) is 7.11 Å². The normalized spacial score (nSPS) is 29.6. The summed E-state index contributed by atoms with van der Waals surface area (Å²) in [6.45, 7) is 0. The maximum Gasteiger partial charge on any atom is 0.339 e. The Morgan fingerprint density at radius 1 is 0.909 bits per heavy atom. The van der Waals surface area contributed by atoms with Crippen LogP contribution in [0.2, 0.25) is 0 Å². The number of aliphatic carboxylic acids is 1. The molecule has 0 radical (unpaired) electrons. The minimum absolute atomic E-state index is 0.151. The van der Waals surface area contributed by atoms with Crippen molar-refractivity contribution in [1.82, 2.24) is 0 Å². The molecule has 5 nitrogen and oxygen atoms in total. The van der Waals surface area contributed by atoms with E-state index in [1.54, 1.807) is 25.3 Å². The fourth-order valence-corrected chi connectivity index (χ4v) is 7.45. The van der Waals surface area contributed by atoms with E-state index in [4.69, 9.17) is 4.74 Å². The minimum atomic E-state index is -1.38. The molecule has 5 aliphatic carbocycles. The van der Waals surface area contributed by atoms with E-state index < -0.39 is 23.1 Å². The van der Waals surface area contributed by atoms with Crippen molar-refractivity contribution in [3.8, 4) is 16.9 Å². The predicted octanol–water partition coefficient (Wildman–Crippen LogP) is 5.22. The van der Waals surface area contributed by atoms with Gasteiger partial charge in [0.15, 0.2) is 5.78 Å². The molecule has 4 saturated carbocycles. The first-order chi connectivity index (χ1) is 15.9. The third kappa shape index (κ3) is 3.09. The van der Waals surface area contributed by atoms with Gasteiger partial charge in [0.25, 0.3) is 0 Å². The Labute approximate surface area is 192 Å². The Balaban J connectivity index is 1.42. The predicted molar refractivity (Wildman–Crippen MR) is 123 cm³/mol. The van der Waals surface area contributed by atoms with Crippen molar-refractivity contribution < 1.29 is 24.2 Å². The van der Waals surface area contributed by atoms with E-state index in [-0.39, 0.29) is 16.5 Å². The molecule has 0 heterocycles. The zero-order valence-electron chi connectivity index (χ0n) is 18.6. The number of fused-ring (bicyclic) bond motifs is 1. The number of hydrogen-bond donors (Lipinski definition) is 1. The largest absolute Gasteiger partial charge is 0.496 e. The van der Waals surface area contributed by atoms with Gasteiger partial charge in [0.1, 0.15) is 11.3 Å². The van der Waals surface area contributed by atoms with E-state index in [1.807, 2.05) is 12.1 Å². The van der Waals surface area contributed by atoms with Gasteiger partial charge in [-0.1, -0.05) is 12.1 Å². The lowest BCUT2D eigenvalue weighted by Gasteiger charge is -2.57. The number of carbonyl (C=O) groups is 3. The number of methoxy groups -OCH3 is 1. The van der Waals surface area contributed by atoms with Crippen molar-refractivity contribution in [3.63, 3.8) is 0 Å². The Bertz CT molecular complexity index is 1220. The van der Waals surface area contributed by atoms with Crippen LogP contribution in [0, 0.1) is 17.8 Å². The Morgan fingerprint density at radius 2 is 1.52 bits per heavy atom. The summed E-state index contributed by atoms with van der Waals surface area (Å²) in [5.74, 6) is 0.926. The number of allylic oxidation sites excluding steroid dienone is 1. The molecule has 5 heteroatoms. The number of benzene rings is 2. The van der Waals surface area contributed by atoms with E-state index in [9.17, 15) is 19.5 Å². The SMILES string of the molecule is COc1ccc(-c2ccc3c(c2)C(=O)C=C(C(=O)O)C3=O)cc1C12CC3CC(CC(C3)C1)C2. The van der Waals surface area contributed by atoms with Crippen LogP contribution in [0.25, 0.3) is 11.1 Å². The van der Waals surface area contributed by atoms with E-state index in [2.05, 4.69) is 6.07 Å². The van der Waals surface area contributed by atoms with Crippen LogP contribution in [0.15, 0.2) is 48.0 Å². The Kier molecular flexibility index (Phi) is 4.42. The van der Waals surface area contributed by atoms with Crippen LogP contribution in [0.3, 0.4) is 0 Å². The van der Waals surface area contributed by atoms with Gasteiger partial charge < -0.3 is 9.84 Å². The summed E-state index contributed by atoms with van der Waals surface area (Å²) in [6.07, 6.45) is 8.71. The molecular weight excluding hydrogens is 416 g/mol. The van der Waals surface area contributed by atoms with Crippen LogP contribution in [0.4, 0.5) is 0 Å². The van der Waals surface area contributed by atoms with Gasteiger partial charge in [0.2, 0.25) is 5.78 Å². The van der Waals surface area contributed by atoms with Gasteiger partial charge in [-0.25, -0.2) is 4.79 Å². The molecule has 0 aromatic heterocycles.